The molecule has 9 nitrogen and oxygen atoms in total. The molecule has 2 aliphatic rings. The maximum absolute atomic E-state index is 13.1. The Kier molecular flexibility index (Phi) is 6.50. The third-order valence-corrected chi connectivity index (χ3v) is 5.98. The van der Waals surface area contributed by atoms with Gasteiger partial charge in [-0.05, 0) is 44.0 Å². The number of nitrogens with zero attached hydrogens (tertiary/aromatic N) is 4. The van der Waals surface area contributed by atoms with Gasteiger partial charge < -0.3 is 19.3 Å². The van der Waals surface area contributed by atoms with Crippen LogP contribution in [0.25, 0.3) is 0 Å². The topological polar surface area (TPSA) is 98.0 Å². The molecule has 1 atom stereocenters. The molecule has 2 aliphatic heterocycles. The summed E-state index contributed by atoms with van der Waals surface area (Å²) in [6.45, 7) is 3.98. The van der Waals surface area contributed by atoms with Crippen LogP contribution in [0.1, 0.15) is 53.5 Å². The average Bonchev–Trinajstić information content (AvgIpc) is 3.43. The van der Waals surface area contributed by atoms with E-state index in [4.69, 9.17) is 14.1 Å². The fourth-order valence-electron chi connectivity index (χ4n) is 4.31. The second-order valence-electron chi connectivity index (χ2n) is 8.05. The first-order valence-corrected chi connectivity index (χ1v) is 10.7. The molecule has 31 heavy (non-hydrogen) atoms. The van der Waals surface area contributed by atoms with Crippen molar-refractivity contribution in [2.24, 2.45) is 0 Å². The fraction of sp³-hybridized carbons (Fsp3) is 0.545. The highest BCUT2D eigenvalue weighted by Gasteiger charge is 2.34. The minimum Gasteiger partial charge on any atom is -0.490 e. The highest BCUT2D eigenvalue weighted by atomic mass is 16.6. The lowest BCUT2D eigenvalue weighted by Gasteiger charge is -2.32. The van der Waals surface area contributed by atoms with E-state index in [0.717, 1.165) is 42.8 Å². The minimum atomic E-state index is -0.0966. The van der Waals surface area contributed by atoms with Gasteiger partial charge in [0.1, 0.15) is 29.8 Å². The van der Waals surface area contributed by atoms with Gasteiger partial charge in [0, 0.05) is 45.1 Å². The van der Waals surface area contributed by atoms with Crippen LogP contribution in [-0.4, -0.2) is 71.4 Å². The number of aryl methyl sites for hydroxylation is 1. The van der Waals surface area contributed by atoms with Crippen molar-refractivity contribution in [2.75, 3.05) is 33.4 Å². The Morgan fingerprint density at radius 1 is 1.10 bits per heavy atom. The summed E-state index contributed by atoms with van der Waals surface area (Å²) in [5.41, 5.74) is 2.08. The van der Waals surface area contributed by atoms with Gasteiger partial charge in [0.15, 0.2) is 0 Å². The molecule has 0 radical (unpaired) electrons. The van der Waals surface area contributed by atoms with Gasteiger partial charge in [-0.3, -0.25) is 9.59 Å². The molecule has 0 unspecified atom stereocenters. The van der Waals surface area contributed by atoms with Crippen molar-refractivity contribution < 1.29 is 23.7 Å². The molecule has 0 bridgehead atoms. The number of benzene rings is 1. The van der Waals surface area contributed by atoms with E-state index >= 15 is 0 Å². The monoisotopic (exact) mass is 428 g/mol. The van der Waals surface area contributed by atoms with Crippen molar-refractivity contribution in [3.8, 4) is 5.75 Å². The van der Waals surface area contributed by atoms with Gasteiger partial charge in [0.25, 0.3) is 5.91 Å². The molecule has 2 fully saturated rings. The molecular weight excluding hydrogens is 400 g/mol. The molecule has 0 N–H and O–H groups in total. The molecule has 1 aromatic heterocycles. The SMILES string of the molecule is COCC(=O)N1CCC(Oc2ccc(C(=O)N3CCC[C@H]3c3nonc3C)cc2)CC1. The van der Waals surface area contributed by atoms with Crippen LogP contribution < -0.4 is 4.74 Å². The summed E-state index contributed by atoms with van der Waals surface area (Å²) >= 11 is 0. The number of carbonyl (C=O) groups excluding carboxylic acids is 2. The summed E-state index contributed by atoms with van der Waals surface area (Å²) < 4.78 is 15.8. The second kappa shape index (κ2) is 9.47. The highest BCUT2D eigenvalue weighted by Crippen LogP contribution is 2.33. The van der Waals surface area contributed by atoms with Crippen molar-refractivity contribution >= 4 is 11.8 Å². The lowest BCUT2D eigenvalue weighted by atomic mass is 10.1. The van der Waals surface area contributed by atoms with Gasteiger partial charge in [-0.1, -0.05) is 10.3 Å². The number of piperidine rings is 1. The number of hydrogen-bond acceptors (Lipinski definition) is 7. The maximum Gasteiger partial charge on any atom is 0.254 e. The molecule has 1 aromatic carbocycles. The van der Waals surface area contributed by atoms with E-state index in [1.807, 2.05) is 28.9 Å². The van der Waals surface area contributed by atoms with Gasteiger partial charge in [-0.25, -0.2) is 4.63 Å². The summed E-state index contributed by atoms with van der Waals surface area (Å²) in [5.74, 6) is 0.717. The van der Waals surface area contributed by atoms with Crippen molar-refractivity contribution in [2.45, 2.75) is 44.8 Å². The average molecular weight is 428 g/mol. The van der Waals surface area contributed by atoms with Crippen LogP contribution in [0.2, 0.25) is 0 Å². The number of hydrogen-bond donors (Lipinski definition) is 0. The van der Waals surface area contributed by atoms with Crippen LogP contribution in [0.5, 0.6) is 5.75 Å². The Bertz CT molecular complexity index is 905. The lowest BCUT2D eigenvalue weighted by Crippen LogP contribution is -2.43. The molecule has 3 heterocycles. The van der Waals surface area contributed by atoms with Crippen LogP contribution in [0.3, 0.4) is 0 Å². The van der Waals surface area contributed by atoms with Crippen molar-refractivity contribution in [1.29, 1.82) is 0 Å². The Hall–Kier alpha value is -2.94. The normalized spacial score (nSPS) is 19.6. The fourth-order valence-corrected chi connectivity index (χ4v) is 4.31. The maximum atomic E-state index is 13.1. The smallest absolute Gasteiger partial charge is 0.254 e. The van der Waals surface area contributed by atoms with E-state index < -0.39 is 0 Å². The van der Waals surface area contributed by atoms with E-state index in [1.54, 1.807) is 12.1 Å². The zero-order valence-corrected chi connectivity index (χ0v) is 18.0. The zero-order valence-electron chi connectivity index (χ0n) is 18.0. The standard InChI is InChI=1S/C22H28N4O5/c1-15-21(24-31-23-15)19-4-3-11-26(19)22(28)16-5-7-17(8-6-16)30-18-9-12-25(13-10-18)20(27)14-29-2/h5-8,18-19H,3-4,9-14H2,1-2H3/t19-/m0/s1. The van der Waals surface area contributed by atoms with E-state index in [-0.39, 0.29) is 30.6 Å². The largest absolute Gasteiger partial charge is 0.490 e. The van der Waals surface area contributed by atoms with E-state index in [2.05, 4.69) is 10.3 Å². The van der Waals surface area contributed by atoms with Gasteiger partial charge in [0.05, 0.1) is 6.04 Å². The van der Waals surface area contributed by atoms with E-state index in [0.29, 0.717) is 25.2 Å². The Morgan fingerprint density at radius 3 is 2.48 bits per heavy atom. The van der Waals surface area contributed by atoms with Gasteiger partial charge in [-0.15, -0.1) is 0 Å². The number of likely N-dealkylation sites (tertiary alicyclic amines) is 2. The molecule has 0 spiro atoms. The summed E-state index contributed by atoms with van der Waals surface area (Å²) in [5, 5.41) is 7.85. The van der Waals surface area contributed by atoms with Crippen LogP contribution >= 0.6 is 0 Å². The first-order chi connectivity index (χ1) is 15.1. The summed E-state index contributed by atoms with van der Waals surface area (Å²) in [7, 11) is 1.53. The summed E-state index contributed by atoms with van der Waals surface area (Å²) in [4.78, 5) is 28.6. The quantitative estimate of drug-likeness (QED) is 0.697. The highest BCUT2D eigenvalue weighted by molar-refractivity contribution is 5.94. The lowest BCUT2D eigenvalue weighted by molar-refractivity contribution is -0.136. The van der Waals surface area contributed by atoms with Gasteiger partial charge in [-0.2, -0.15) is 0 Å². The number of amides is 2. The first kappa shape index (κ1) is 21.3. The van der Waals surface area contributed by atoms with Crippen molar-refractivity contribution in [3.63, 3.8) is 0 Å². The van der Waals surface area contributed by atoms with Crippen LogP contribution in [-0.2, 0) is 9.53 Å². The molecule has 9 heteroatoms. The number of rotatable bonds is 6. The third kappa shape index (κ3) is 4.71. The Labute approximate surface area is 181 Å². The number of ether oxygens (including phenoxy) is 2. The second-order valence-corrected chi connectivity index (χ2v) is 8.05. The minimum absolute atomic E-state index is 0.0145. The first-order valence-electron chi connectivity index (χ1n) is 10.7. The predicted molar refractivity (Wildman–Crippen MR) is 111 cm³/mol. The molecular formula is C22H28N4O5. The van der Waals surface area contributed by atoms with Crippen LogP contribution in [0.4, 0.5) is 0 Å². The Morgan fingerprint density at radius 2 is 1.84 bits per heavy atom. The van der Waals surface area contributed by atoms with E-state index in [9.17, 15) is 9.59 Å². The van der Waals surface area contributed by atoms with Gasteiger partial charge >= 0.3 is 0 Å². The van der Waals surface area contributed by atoms with Crippen LogP contribution in [0.15, 0.2) is 28.9 Å². The molecule has 166 valence electrons. The van der Waals surface area contributed by atoms with Crippen LogP contribution in [0, 0.1) is 6.92 Å². The number of methoxy groups -OCH3 is 1. The molecule has 2 amide bonds. The zero-order chi connectivity index (χ0) is 21.8. The predicted octanol–water partition coefficient (Wildman–Crippen LogP) is 2.37. The van der Waals surface area contributed by atoms with Crippen molar-refractivity contribution in [1.82, 2.24) is 20.1 Å². The Balaban J connectivity index is 1.34. The van der Waals surface area contributed by atoms with E-state index in [1.165, 1.54) is 7.11 Å². The van der Waals surface area contributed by atoms with Gasteiger partial charge in [0.2, 0.25) is 5.91 Å². The molecule has 0 saturated carbocycles. The van der Waals surface area contributed by atoms with Crippen molar-refractivity contribution in [3.05, 3.63) is 41.2 Å². The number of carbonyl (C=O) groups is 2. The molecule has 0 aliphatic carbocycles. The molecule has 2 saturated heterocycles. The number of aromatic nitrogens is 2. The third-order valence-electron chi connectivity index (χ3n) is 5.98. The summed E-state index contributed by atoms with van der Waals surface area (Å²) in [6.07, 6.45) is 3.38. The molecule has 4 rings (SSSR count). The summed E-state index contributed by atoms with van der Waals surface area (Å²) in [6, 6.07) is 7.18. The molecule has 2 aromatic rings.